The molecule has 0 atom stereocenters. The van der Waals surface area contributed by atoms with Gasteiger partial charge in [-0.1, -0.05) is 35.0 Å². The van der Waals surface area contributed by atoms with Crippen molar-refractivity contribution in [2.45, 2.75) is 13.3 Å². The predicted molar refractivity (Wildman–Crippen MR) is 94.6 cm³/mol. The fraction of sp³-hybridized carbons (Fsp3) is 0.118. The van der Waals surface area contributed by atoms with E-state index in [0.29, 0.717) is 17.7 Å². The first kappa shape index (κ1) is 16.9. The average molecular weight is 374 g/mol. The monoisotopic (exact) mass is 373 g/mol. The summed E-state index contributed by atoms with van der Waals surface area (Å²) in [5.74, 6) is -0.384. The standard InChI is InChI=1S/C17H16BrN3O2/c1-2-16(22)20-15-8-6-13(7-9-15)17(23)21-19-11-12-4-3-5-14(18)10-12/h3-11H,2H2,1H3,(H,20,22)(H,21,23)/b19-11+. The Labute approximate surface area is 142 Å². The third-order valence-electron chi connectivity index (χ3n) is 2.98. The molecular weight excluding hydrogens is 358 g/mol. The van der Waals surface area contributed by atoms with E-state index >= 15 is 0 Å². The molecule has 5 nitrogen and oxygen atoms in total. The summed E-state index contributed by atoms with van der Waals surface area (Å²) in [5.41, 5.74) is 4.46. The van der Waals surface area contributed by atoms with E-state index in [9.17, 15) is 9.59 Å². The Kier molecular flexibility index (Phi) is 6.05. The number of benzene rings is 2. The lowest BCUT2D eigenvalue weighted by molar-refractivity contribution is -0.115. The Morgan fingerprint density at radius 3 is 2.57 bits per heavy atom. The fourth-order valence-corrected chi connectivity index (χ4v) is 2.19. The van der Waals surface area contributed by atoms with Crippen LogP contribution >= 0.6 is 15.9 Å². The van der Waals surface area contributed by atoms with Crippen molar-refractivity contribution in [1.82, 2.24) is 5.43 Å². The smallest absolute Gasteiger partial charge is 0.271 e. The van der Waals surface area contributed by atoms with E-state index < -0.39 is 0 Å². The van der Waals surface area contributed by atoms with Gasteiger partial charge < -0.3 is 5.32 Å². The van der Waals surface area contributed by atoms with Gasteiger partial charge in [0.15, 0.2) is 0 Å². The topological polar surface area (TPSA) is 70.6 Å². The number of hydrazone groups is 1. The van der Waals surface area contributed by atoms with Crippen LogP contribution in [0.3, 0.4) is 0 Å². The predicted octanol–water partition coefficient (Wildman–Crippen LogP) is 3.56. The minimum Gasteiger partial charge on any atom is -0.326 e. The highest BCUT2D eigenvalue weighted by atomic mass is 79.9. The lowest BCUT2D eigenvalue weighted by Crippen LogP contribution is -2.17. The molecule has 2 N–H and O–H groups in total. The van der Waals surface area contributed by atoms with Crippen LogP contribution in [0.2, 0.25) is 0 Å². The molecule has 0 aliphatic heterocycles. The maximum absolute atomic E-state index is 12.0. The normalized spacial score (nSPS) is 10.5. The van der Waals surface area contributed by atoms with Gasteiger partial charge in [0.1, 0.15) is 0 Å². The van der Waals surface area contributed by atoms with Gasteiger partial charge in [-0.05, 0) is 42.0 Å². The van der Waals surface area contributed by atoms with Gasteiger partial charge in [-0.2, -0.15) is 5.10 Å². The average Bonchev–Trinajstić information content (AvgIpc) is 2.55. The summed E-state index contributed by atoms with van der Waals surface area (Å²) in [4.78, 5) is 23.3. The second kappa shape index (κ2) is 8.24. The zero-order valence-corrected chi connectivity index (χ0v) is 14.1. The number of hydrogen-bond acceptors (Lipinski definition) is 3. The zero-order chi connectivity index (χ0) is 16.7. The van der Waals surface area contributed by atoms with E-state index in [4.69, 9.17) is 0 Å². The van der Waals surface area contributed by atoms with E-state index in [2.05, 4.69) is 31.8 Å². The van der Waals surface area contributed by atoms with E-state index in [-0.39, 0.29) is 11.8 Å². The maximum Gasteiger partial charge on any atom is 0.271 e. The Bertz CT molecular complexity index is 727. The second-order valence-electron chi connectivity index (χ2n) is 4.73. The molecule has 0 radical (unpaired) electrons. The van der Waals surface area contributed by atoms with E-state index in [0.717, 1.165) is 10.0 Å². The lowest BCUT2D eigenvalue weighted by Gasteiger charge is -2.04. The molecule has 0 fully saturated rings. The largest absolute Gasteiger partial charge is 0.326 e. The molecule has 6 heteroatoms. The Balaban J connectivity index is 1.94. The van der Waals surface area contributed by atoms with Crippen LogP contribution < -0.4 is 10.7 Å². The van der Waals surface area contributed by atoms with Gasteiger partial charge in [-0.3, -0.25) is 9.59 Å². The minimum atomic E-state index is -0.315. The van der Waals surface area contributed by atoms with Crippen LogP contribution in [-0.2, 0) is 4.79 Å². The van der Waals surface area contributed by atoms with Gasteiger partial charge in [0.05, 0.1) is 6.21 Å². The number of anilines is 1. The number of nitrogens with zero attached hydrogens (tertiary/aromatic N) is 1. The molecule has 2 rings (SSSR count). The summed E-state index contributed by atoms with van der Waals surface area (Å²) < 4.78 is 0.942. The summed E-state index contributed by atoms with van der Waals surface area (Å²) >= 11 is 3.37. The van der Waals surface area contributed by atoms with Crippen LogP contribution in [0.15, 0.2) is 58.1 Å². The molecule has 0 aromatic heterocycles. The number of rotatable bonds is 5. The first-order chi connectivity index (χ1) is 11.1. The number of amides is 2. The van der Waals surface area contributed by atoms with Gasteiger partial charge >= 0.3 is 0 Å². The highest BCUT2D eigenvalue weighted by Gasteiger charge is 2.05. The SMILES string of the molecule is CCC(=O)Nc1ccc(C(=O)N/N=C/c2cccc(Br)c2)cc1. The maximum atomic E-state index is 12.0. The highest BCUT2D eigenvalue weighted by Crippen LogP contribution is 2.11. The number of nitrogens with one attached hydrogen (secondary N) is 2. The van der Waals surface area contributed by atoms with Gasteiger partial charge in [-0.25, -0.2) is 5.43 Å². The van der Waals surface area contributed by atoms with Gasteiger partial charge in [0.2, 0.25) is 5.91 Å². The molecule has 0 spiro atoms. The number of hydrogen-bond donors (Lipinski definition) is 2. The van der Waals surface area contributed by atoms with Gasteiger partial charge in [0.25, 0.3) is 5.91 Å². The quantitative estimate of drug-likeness (QED) is 0.621. The first-order valence-corrected chi connectivity index (χ1v) is 7.86. The summed E-state index contributed by atoms with van der Waals surface area (Å²) in [7, 11) is 0. The first-order valence-electron chi connectivity index (χ1n) is 7.07. The van der Waals surface area contributed by atoms with Crippen LogP contribution in [0.5, 0.6) is 0 Å². The highest BCUT2D eigenvalue weighted by molar-refractivity contribution is 9.10. The van der Waals surface area contributed by atoms with E-state index in [1.165, 1.54) is 0 Å². The zero-order valence-electron chi connectivity index (χ0n) is 12.5. The van der Waals surface area contributed by atoms with Gasteiger partial charge in [0, 0.05) is 22.1 Å². The number of carbonyl (C=O) groups excluding carboxylic acids is 2. The van der Waals surface area contributed by atoms with Crippen molar-refractivity contribution in [3.05, 3.63) is 64.1 Å². The number of halogens is 1. The molecule has 2 aromatic carbocycles. The van der Waals surface area contributed by atoms with Crippen molar-refractivity contribution in [3.8, 4) is 0 Å². The molecule has 0 bridgehead atoms. The Morgan fingerprint density at radius 2 is 1.91 bits per heavy atom. The molecule has 118 valence electrons. The van der Waals surface area contributed by atoms with Crippen LogP contribution in [-0.4, -0.2) is 18.0 Å². The molecule has 0 unspecified atom stereocenters. The van der Waals surface area contributed by atoms with Crippen molar-refractivity contribution in [1.29, 1.82) is 0 Å². The summed E-state index contributed by atoms with van der Waals surface area (Å²) in [5, 5.41) is 6.65. The Morgan fingerprint density at radius 1 is 1.17 bits per heavy atom. The Hall–Kier alpha value is -2.47. The van der Waals surface area contributed by atoms with Crippen molar-refractivity contribution < 1.29 is 9.59 Å². The minimum absolute atomic E-state index is 0.0687. The summed E-state index contributed by atoms with van der Waals surface area (Å²) in [6.45, 7) is 1.78. The molecular formula is C17H16BrN3O2. The summed E-state index contributed by atoms with van der Waals surface area (Å²) in [6.07, 6.45) is 1.98. The second-order valence-corrected chi connectivity index (χ2v) is 5.65. The van der Waals surface area contributed by atoms with Crippen LogP contribution in [0, 0.1) is 0 Å². The lowest BCUT2D eigenvalue weighted by atomic mass is 10.2. The molecule has 0 heterocycles. The van der Waals surface area contributed by atoms with E-state index in [1.54, 1.807) is 37.4 Å². The third kappa shape index (κ3) is 5.34. The van der Waals surface area contributed by atoms with Crippen LogP contribution in [0.1, 0.15) is 29.3 Å². The molecule has 0 saturated carbocycles. The molecule has 0 saturated heterocycles. The summed E-state index contributed by atoms with van der Waals surface area (Å²) in [6, 6.07) is 14.2. The fourth-order valence-electron chi connectivity index (χ4n) is 1.77. The molecule has 2 aromatic rings. The van der Waals surface area contributed by atoms with Crippen molar-refractivity contribution in [3.63, 3.8) is 0 Å². The molecule has 0 aliphatic rings. The van der Waals surface area contributed by atoms with Crippen LogP contribution in [0.25, 0.3) is 0 Å². The van der Waals surface area contributed by atoms with Gasteiger partial charge in [-0.15, -0.1) is 0 Å². The molecule has 2 amide bonds. The van der Waals surface area contributed by atoms with Crippen LogP contribution in [0.4, 0.5) is 5.69 Å². The van der Waals surface area contributed by atoms with Crippen molar-refractivity contribution in [2.75, 3.05) is 5.32 Å². The molecule has 0 aliphatic carbocycles. The number of carbonyl (C=O) groups is 2. The molecule has 23 heavy (non-hydrogen) atoms. The third-order valence-corrected chi connectivity index (χ3v) is 3.47. The van der Waals surface area contributed by atoms with Crippen molar-refractivity contribution >= 4 is 39.6 Å². The van der Waals surface area contributed by atoms with Crippen molar-refractivity contribution in [2.24, 2.45) is 5.10 Å². The van der Waals surface area contributed by atoms with E-state index in [1.807, 2.05) is 24.3 Å².